The molecule has 0 saturated carbocycles. The van der Waals surface area contributed by atoms with Crippen molar-refractivity contribution in [1.29, 1.82) is 0 Å². The number of pyridine rings is 1. The highest BCUT2D eigenvalue weighted by Gasteiger charge is 2.50. The van der Waals surface area contributed by atoms with Crippen molar-refractivity contribution in [2.45, 2.75) is 43.4 Å². The first-order valence-electron chi connectivity index (χ1n) is 9.55. The number of rotatable bonds is 3. The minimum absolute atomic E-state index is 0.207. The summed E-state index contributed by atoms with van der Waals surface area (Å²) in [5.41, 5.74) is -0.590. The predicted molar refractivity (Wildman–Crippen MR) is 103 cm³/mol. The lowest BCUT2D eigenvalue weighted by Gasteiger charge is -2.52. The van der Waals surface area contributed by atoms with Gasteiger partial charge in [0, 0.05) is 49.9 Å². The van der Waals surface area contributed by atoms with Gasteiger partial charge in [-0.15, -0.1) is 0 Å². The Bertz CT molecular complexity index is 811. The Morgan fingerprint density at radius 1 is 1.21 bits per heavy atom. The maximum atomic E-state index is 12.7. The first-order valence-corrected chi connectivity index (χ1v) is 9.55. The Balaban J connectivity index is 1.45. The van der Waals surface area contributed by atoms with E-state index in [1.165, 1.54) is 0 Å². The van der Waals surface area contributed by atoms with Gasteiger partial charge in [-0.3, -0.25) is 14.8 Å². The first kappa shape index (κ1) is 18.8. The number of nitrogens with one attached hydrogen (secondary N) is 1. The van der Waals surface area contributed by atoms with Crippen molar-refractivity contribution in [2.75, 3.05) is 24.6 Å². The molecule has 2 atom stereocenters. The van der Waals surface area contributed by atoms with Crippen molar-refractivity contribution < 1.29 is 14.6 Å². The molecule has 0 aromatic carbocycles. The number of carbonyl (C=O) groups is 1. The average molecular weight is 383 g/mol. The van der Waals surface area contributed by atoms with Crippen LogP contribution < -0.4 is 10.2 Å². The van der Waals surface area contributed by atoms with E-state index in [-0.39, 0.29) is 18.1 Å². The van der Waals surface area contributed by atoms with Gasteiger partial charge in [-0.1, -0.05) is 0 Å². The van der Waals surface area contributed by atoms with Gasteiger partial charge in [0.25, 0.3) is 5.91 Å². The number of aromatic nitrogens is 3. The van der Waals surface area contributed by atoms with Gasteiger partial charge in [-0.05, 0) is 31.9 Å². The molecular weight excluding hydrogens is 358 g/mol. The van der Waals surface area contributed by atoms with Crippen LogP contribution in [0.4, 0.5) is 5.82 Å². The fraction of sp³-hybridized carbons (Fsp3) is 0.500. The van der Waals surface area contributed by atoms with E-state index < -0.39 is 11.6 Å². The van der Waals surface area contributed by atoms with Gasteiger partial charge >= 0.3 is 0 Å². The van der Waals surface area contributed by atoms with Crippen molar-refractivity contribution in [2.24, 2.45) is 0 Å². The number of piperidine rings is 1. The molecule has 4 rings (SSSR count). The number of amides is 1. The van der Waals surface area contributed by atoms with E-state index in [1.54, 1.807) is 43.1 Å². The van der Waals surface area contributed by atoms with Gasteiger partial charge in [0.05, 0.1) is 23.9 Å². The third kappa shape index (κ3) is 3.70. The van der Waals surface area contributed by atoms with Crippen LogP contribution in [0.2, 0.25) is 0 Å². The van der Waals surface area contributed by atoms with Gasteiger partial charge in [0.1, 0.15) is 11.9 Å². The van der Waals surface area contributed by atoms with Crippen LogP contribution in [0.5, 0.6) is 0 Å². The Labute approximate surface area is 164 Å². The summed E-state index contributed by atoms with van der Waals surface area (Å²) in [7, 11) is 0. The molecule has 0 radical (unpaired) electrons. The number of ether oxygens (including phenoxy) is 1. The van der Waals surface area contributed by atoms with Crippen molar-refractivity contribution in [3.05, 3.63) is 48.7 Å². The van der Waals surface area contributed by atoms with Gasteiger partial charge in [0.2, 0.25) is 0 Å². The smallest absolute Gasteiger partial charge is 0.251 e. The Morgan fingerprint density at radius 3 is 2.64 bits per heavy atom. The fourth-order valence-electron chi connectivity index (χ4n) is 4.16. The van der Waals surface area contributed by atoms with Crippen molar-refractivity contribution >= 4 is 11.7 Å². The molecule has 0 aliphatic carbocycles. The molecular formula is C20H25N5O3. The molecule has 0 unspecified atom stereocenters. The van der Waals surface area contributed by atoms with Gasteiger partial charge in [0.15, 0.2) is 0 Å². The Kier molecular flexibility index (Phi) is 4.99. The molecule has 8 heteroatoms. The minimum Gasteiger partial charge on any atom is -0.388 e. The number of anilines is 1. The SMILES string of the molecule is C[C@]1(NC(=O)c2ccncc2)CC2(CCN(c3cnccn3)CC2)OC[C@@H]1O. The largest absolute Gasteiger partial charge is 0.388 e. The van der Waals surface area contributed by atoms with Crippen LogP contribution in [0.25, 0.3) is 0 Å². The van der Waals surface area contributed by atoms with Crippen LogP contribution in [0.1, 0.15) is 36.5 Å². The summed E-state index contributed by atoms with van der Waals surface area (Å²) >= 11 is 0. The lowest BCUT2D eigenvalue weighted by molar-refractivity contribution is -0.167. The standard InChI is InChI=1S/C20H25N5O3/c1-19(24-18(27)15-2-6-21-7-3-15)14-20(28-13-16(19)26)4-10-25(11-5-20)17-12-22-8-9-23-17/h2-3,6-9,12,16,26H,4-5,10-11,13-14H2,1H3,(H,24,27)/t16-,19-/m0/s1. The summed E-state index contributed by atoms with van der Waals surface area (Å²) in [6.07, 6.45) is 9.70. The number of hydrogen-bond acceptors (Lipinski definition) is 7. The molecule has 2 aliphatic rings. The minimum atomic E-state index is -0.762. The van der Waals surface area contributed by atoms with E-state index in [1.807, 2.05) is 6.92 Å². The zero-order valence-electron chi connectivity index (χ0n) is 15.9. The second kappa shape index (κ2) is 7.44. The molecule has 8 nitrogen and oxygen atoms in total. The second-order valence-electron chi connectivity index (χ2n) is 7.84. The number of carbonyl (C=O) groups excluding carboxylic acids is 1. The monoisotopic (exact) mass is 383 g/mol. The van der Waals surface area contributed by atoms with Crippen LogP contribution in [-0.4, -0.2) is 62.9 Å². The van der Waals surface area contributed by atoms with Gasteiger partial charge in [-0.25, -0.2) is 4.98 Å². The maximum Gasteiger partial charge on any atom is 0.251 e. The van der Waals surface area contributed by atoms with Gasteiger partial charge in [-0.2, -0.15) is 0 Å². The van der Waals surface area contributed by atoms with Crippen molar-refractivity contribution in [3.63, 3.8) is 0 Å². The molecule has 2 N–H and O–H groups in total. The molecule has 2 aromatic heterocycles. The molecule has 1 spiro atoms. The van der Waals surface area contributed by atoms with Crippen LogP contribution in [0, 0.1) is 0 Å². The predicted octanol–water partition coefficient (Wildman–Crippen LogP) is 1.18. The number of nitrogens with zero attached hydrogens (tertiary/aromatic N) is 4. The molecule has 28 heavy (non-hydrogen) atoms. The number of hydrogen-bond donors (Lipinski definition) is 2. The molecule has 2 aromatic rings. The quantitative estimate of drug-likeness (QED) is 0.821. The summed E-state index contributed by atoms with van der Waals surface area (Å²) in [6, 6.07) is 3.33. The zero-order chi connectivity index (χ0) is 19.6. The van der Waals surface area contributed by atoms with E-state index in [2.05, 4.69) is 25.2 Å². The first-order chi connectivity index (χ1) is 13.5. The summed E-state index contributed by atoms with van der Waals surface area (Å²) in [4.78, 5) is 27.3. The highest BCUT2D eigenvalue weighted by molar-refractivity contribution is 5.94. The van der Waals surface area contributed by atoms with Crippen LogP contribution in [0.15, 0.2) is 43.1 Å². The normalized spacial score (nSPS) is 26.8. The topological polar surface area (TPSA) is 100 Å². The zero-order valence-corrected chi connectivity index (χ0v) is 15.9. The second-order valence-corrected chi connectivity index (χ2v) is 7.84. The van der Waals surface area contributed by atoms with E-state index in [9.17, 15) is 9.90 Å². The summed E-state index contributed by atoms with van der Waals surface area (Å²) in [5.74, 6) is 0.653. The lowest BCUT2D eigenvalue weighted by atomic mass is 9.74. The summed E-state index contributed by atoms with van der Waals surface area (Å²) in [6.45, 7) is 3.70. The van der Waals surface area contributed by atoms with Crippen molar-refractivity contribution in [1.82, 2.24) is 20.3 Å². The molecule has 4 heterocycles. The summed E-state index contributed by atoms with van der Waals surface area (Å²) < 4.78 is 6.11. The molecule has 148 valence electrons. The van der Waals surface area contributed by atoms with E-state index in [0.717, 1.165) is 31.7 Å². The maximum absolute atomic E-state index is 12.7. The highest BCUT2D eigenvalue weighted by atomic mass is 16.5. The number of aliphatic hydroxyl groups is 1. The molecule has 0 bridgehead atoms. The van der Waals surface area contributed by atoms with E-state index in [4.69, 9.17) is 4.74 Å². The van der Waals surface area contributed by atoms with E-state index >= 15 is 0 Å². The molecule has 2 fully saturated rings. The summed E-state index contributed by atoms with van der Waals surface area (Å²) in [5, 5.41) is 13.6. The lowest BCUT2D eigenvalue weighted by Crippen LogP contribution is -2.65. The number of aliphatic hydroxyl groups excluding tert-OH is 1. The van der Waals surface area contributed by atoms with Crippen LogP contribution >= 0.6 is 0 Å². The fourth-order valence-corrected chi connectivity index (χ4v) is 4.16. The Morgan fingerprint density at radius 2 is 1.96 bits per heavy atom. The third-order valence-corrected chi connectivity index (χ3v) is 5.86. The average Bonchev–Trinajstić information content (AvgIpc) is 2.73. The van der Waals surface area contributed by atoms with Gasteiger partial charge < -0.3 is 20.1 Å². The third-order valence-electron chi connectivity index (χ3n) is 5.86. The van der Waals surface area contributed by atoms with Crippen LogP contribution in [0.3, 0.4) is 0 Å². The van der Waals surface area contributed by atoms with E-state index in [0.29, 0.717) is 12.0 Å². The molecule has 1 amide bonds. The highest BCUT2D eigenvalue weighted by Crippen LogP contribution is 2.40. The molecule has 2 aliphatic heterocycles. The molecule has 2 saturated heterocycles. The van der Waals surface area contributed by atoms with Crippen molar-refractivity contribution in [3.8, 4) is 0 Å². The van der Waals surface area contributed by atoms with Crippen LogP contribution in [-0.2, 0) is 4.74 Å². The Hall–Kier alpha value is -2.58.